The Balaban J connectivity index is 0.000000917. The summed E-state index contributed by atoms with van der Waals surface area (Å²) in [5.41, 5.74) is 3.52. The molecular formula is C24H25N5O5S. The number of carbonyl (C=O) groups is 1. The van der Waals surface area contributed by atoms with E-state index in [1.54, 1.807) is 16.8 Å². The summed E-state index contributed by atoms with van der Waals surface area (Å²) in [6, 6.07) is 9.39. The van der Waals surface area contributed by atoms with Gasteiger partial charge in [-0.25, -0.2) is 8.42 Å². The number of H-pyrrole nitrogens is 1. The molecule has 0 amide bonds. The van der Waals surface area contributed by atoms with E-state index >= 15 is 0 Å². The molecule has 2 aromatic carbocycles. The first-order chi connectivity index (χ1) is 16.8. The van der Waals surface area contributed by atoms with Crippen molar-refractivity contribution in [3.63, 3.8) is 0 Å². The predicted molar refractivity (Wildman–Crippen MR) is 130 cm³/mol. The lowest BCUT2D eigenvalue weighted by Gasteiger charge is -2.14. The number of rotatable bonds is 5. The minimum atomic E-state index is -3.44. The fraction of sp³-hybridized carbons (Fsp3) is 0.292. The average molecular weight is 496 g/mol. The summed E-state index contributed by atoms with van der Waals surface area (Å²) in [6.07, 6.45) is 5.76. The molecule has 10 nitrogen and oxygen atoms in total. The lowest BCUT2D eigenvalue weighted by molar-refractivity contribution is -0.122. The van der Waals surface area contributed by atoms with Crippen molar-refractivity contribution in [3.05, 3.63) is 53.3 Å². The molecule has 5 rings (SSSR count). The maximum absolute atomic E-state index is 12.6. The number of hydrogen-bond acceptors (Lipinski definition) is 7. The number of nitrogens with one attached hydrogen (secondary N) is 2. The van der Waals surface area contributed by atoms with Gasteiger partial charge in [0.25, 0.3) is 6.47 Å². The second-order valence-corrected chi connectivity index (χ2v) is 10.3. The lowest BCUT2D eigenvalue weighted by atomic mass is 10.1. The van der Waals surface area contributed by atoms with Gasteiger partial charge in [-0.2, -0.15) is 10.4 Å². The van der Waals surface area contributed by atoms with Crippen LogP contribution in [0.1, 0.15) is 23.1 Å². The van der Waals surface area contributed by atoms with Crippen LogP contribution in [-0.2, 0) is 21.2 Å². The first-order valence-electron chi connectivity index (χ1n) is 10.9. The first-order valence-corrected chi connectivity index (χ1v) is 12.8. The molecule has 4 aromatic rings. The van der Waals surface area contributed by atoms with Crippen LogP contribution in [0.3, 0.4) is 0 Å². The van der Waals surface area contributed by atoms with E-state index in [1.807, 2.05) is 31.5 Å². The van der Waals surface area contributed by atoms with Crippen LogP contribution in [0.4, 0.5) is 0 Å². The van der Waals surface area contributed by atoms with Crippen molar-refractivity contribution in [3.8, 4) is 11.8 Å². The zero-order valence-electron chi connectivity index (χ0n) is 19.3. The van der Waals surface area contributed by atoms with E-state index in [9.17, 15) is 13.7 Å². The van der Waals surface area contributed by atoms with Gasteiger partial charge >= 0.3 is 0 Å². The number of sulfone groups is 1. The molecule has 0 radical (unpaired) electrons. The number of ether oxygens (including phenoxy) is 1. The third-order valence-corrected chi connectivity index (χ3v) is 7.09. The van der Waals surface area contributed by atoms with Crippen molar-refractivity contribution in [2.24, 2.45) is 0 Å². The van der Waals surface area contributed by atoms with Gasteiger partial charge in [-0.05, 0) is 49.7 Å². The quantitative estimate of drug-likeness (QED) is 0.358. The molecule has 0 bridgehead atoms. The molecule has 0 saturated carbocycles. The number of nitrogens with zero attached hydrogens (tertiary/aromatic N) is 3. The largest absolute Gasteiger partial charge is 0.485 e. The zero-order chi connectivity index (χ0) is 25.2. The van der Waals surface area contributed by atoms with Crippen LogP contribution in [0.25, 0.3) is 21.8 Å². The Bertz CT molecular complexity index is 1540. The van der Waals surface area contributed by atoms with E-state index < -0.39 is 9.84 Å². The van der Waals surface area contributed by atoms with Crippen LogP contribution in [0.5, 0.6) is 5.75 Å². The number of aromatic nitrogens is 3. The highest BCUT2D eigenvalue weighted by atomic mass is 32.2. The van der Waals surface area contributed by atoms with Gasteiger partial charge in [0.15, 0.2) is 15.6 Å². The number of nitriles is 1. The van der Waals surface area contributed by atoms with Crippen LogP contribution in [0, 0.1) is 18.3 Å². The van der Waals surface area contributed by atoms with Crippen molar-refractivity contribution in [2.75, 3.05) is 19.3 Å². The summed E-state index contributed by atoms with van der Waals surface area (Å²) in [7, 11) is -3.44. The second-order valence-electron chi connectivity index (χ2n) is 8.37. The fourth-order valence-electron chi connectivity index (χ4n) is 4.39. The maximum Gasteiger partial charge on any atom is 0.290 e. The summed E-state index contributed by atoms with van der Waals surface area (Å²) in [6.45, 7) is 3.53. The van der Waals surface area contributed by atoms with Gasteiger partial charge in [-0.1, -0.05) is 0 Å². The van der Waals surface area contributed by atoms with Crippen LogP contribution < -0.4 is 10.1 Å². The molecule has 1 aliphatic heterocycles. The van der Waals surface area contributed by atoms with Crippen molar-refractivity contribution < 1.29 is 23.1 Å². The molecule has 1 aliphatic rings. The SMILES string of the molecule is Cc1cc(S(C)(=O)=O)c(Cn2cc3ccc(C#N)c(OC4CCNC4)c3n2)c2cc[nH]c12.O=CO. The Kier molecular flexibility index (Phi) is 6.77. The summed E-state index contributed by atoms with van der Waals surface area (Å²) in [5, 5.41) is 26.1. The van der Waals surface area contributed by atoms with Gasteiger partial charge in [0.05, 0.1) is 17.0 Å². The van der Waals surface area contributed by atoms with Crippen LogP contribution in [-0.4, -0.2) is 60.2 Å². The van der Waals surface area contributed by atoms with Gasteiger partial charge in [0, 0.05) is 47.0 Å². The molecule has 1 saturated heterocycles. The van der Waals surface area contributed by atoms with E-state index in [-0.39, 0.29) is 19.1 Å². The molecule has 1 atom stereocenters. The van der Waals surface area contributed by atoms with E-state index in [4.69, 9.17) is 19.7 Å². The Hall–Kier alpha value is -3.88. The topological polar surface area (TPSA) is 150 Å². The van der Waals surface area contributed by atoms with Gasteiger partial charge in [0.1, 0.15) is 17.7 Å². The Morgan fingerprint density at radius 2 is 2.14 bits per heavy atom. The highest BCUT2D eigenvalue weighted by Crippen LogP contribution is 2.32. The van der Waals surface area contributed by atoms with E-state index in [1.165, 1.54) is 6.26 Å². The zero-order valence-corrected chi connectivity index (χ0v) is 20.1. The van der Waals surface area contributed by atoms with Crippen molar-refractivity contribution in [1.29, 1.82) is 5.26 Å². The fourth-order valence-corrected chi connectivity index (χ4v) is 5.40. The molecule has 1 unspecified atom stereocenters. The summed E-state index contributed by atoms with van der Waals surface area (Å²) < 4.78 is 33.0. The number of aromatic amines is 1. The van der Waals surface area contributed by atoms with E-state index in [0.29, 0.717) is 27.3 Å². The van der Waals surface area contributed by atoms with Gasteiger partial charge in [-0.15, -0.1) is 0 Å². The molecule has 11 heteroatoms. The standard InChI is InChI=1S/C23H23N5O3S.CH2O2/c1-14-9-20(32(2,29)30)19(18-6-8-26-21(14)18)13-28-12-16-4-3-15(10-24)23(22(16)27-28)31-17-5-7-25-11-17;2-1-3/h3-4,6,8-9,12,17,25-26H,5,7,11,13H2,1-2H3;1H,(H,2,3). The van der Waals surface area contributed by atoms with Crippen molar-refractivity contribution in [1.82, 2.24) is 20.1 Å². The smallest absolute Gasteiger partial charge is 0.290 e. The molecule has 1 fully saturated rings. The third kappa shape index (κ3) is 4.84. The molecule has 35 heavy (non-hydrogen) atoms. The minimum absolute atomic E-state index is 0.00809. The minimum Gasteiger partial charge on any atom is -0.485 e. The average Bonchev–Trinajstić information content (AvgIpc) is 3.56. The van der Waals surface area contributed by atoms with Gasteiger partial charge in [-0.3, -0.25) is 9.48 Å². The number of fused-ring (bicyclic) bond motifs is 2. The number of benzene rings is 2. The summed E-state index contributed by atoms with van der Waals surface area (Å²) >= 11 is 0. The second kappa shape index (κ2) is 9.77. The summed E-state index contributed by atoms with van der Waals surface area (Å²) in [4.78, 5) is 11.9. The van der Waals surface area contributed by atoms with E-state index in [2.05, 4.69) is 16.4 Å². The highest BCUT2D eigenvalue weighted by Gasteiger charge is 2.22. The molecular weight excluding hydrogens is 470 g/mol. The van der Waals surface area contributed by atoms with Gasteiger partial charge in [0.2, 0.25) is 0 Å². The Morgan fingerprint density at radius 3 is 2.80 bits per heavy atom. The normalized spacial score (nSPS) is 15.5. The van der Waals surface area contributed by atoms with Crippen LogP contribution >= 0.6 is 0 Å². The Morgan fingerprint density at radius 1 is 1.37 bits per heavy atom. The summed E-state index contributed by atoms with van der Waals surface area (Å²) in [5.74, 6) is 0.483. The first kappa shape index (κ1) is 24.3. The maximum atomic E-state index is 12.6. The van der Waals surface area contributed by atoms with Gasteiger partial charge < -0.3 is 20.1 Å². The van der Waals surface area contributed by atoms with E-state index in [0.717, 1.165) is 41.4 Å². The third-order valence-electron chi connectivity index (χ3n) is 5.93. The molecule has 3 heterocycles. The number of carboxylic acid groups (broad SMARTS) is 1. The Labute approximate surface area is 202 Å². The van der Waals surface area contributed by atoms with Crippen LogP contribution in [0.2, 0.25) is 0 Å². The molecule has 182 valence electrons. The van der Waals surface area contributed by atoms with Crippen molar-refractivity contribution in [2.45, 2.75) is 30.9 Å². The number of aryl methyl sites for hydroxylation is 1. The van der Waals surface area contributed by atoms with Crippen molar-refractivity contribution >= 4 is 38.1 Å². The molecule has 3 N–H and O–H groups in total. The highest BCUT2D eigenvalue weighted by molar-refractivity contribution is 7.90. The number of hydrogen-bond donors (Lipinski definition) is 3. The van der Waals surface area contributed by atoms with Crippen LogP contribution in [0.15, 0.2) is 41.6 Å². The molecule has 0 aliphatic carbocycles. The molecule has 2 aromatic heterocycles. The monoisotopic (exact) mass is 495 g/mol. The lowest BCUT2D eigenvalue weighted by Crippen LogP contribution is -2.20. The predicted octanol–water partition coefficient (Wildman–Crippen LogP) is 2.59. The molecule has 0 spiro atoms.